The molecule has 8 heteroatoms. The molecule has 0 saturated heterocycles. The molecule has 1 atom stereocenters. The summed E-state index contributed by atoms with van der Waals surface area (Å²) in [4.78, 5) is 2.01. The summed E-state index contributed by atoms with van der Waals surface area (Å²) in [6.45, 7) is 2.60. The molecule has 0 aliphatic carbocycles. The summed E-state index contributed by atoms with van der Waals surface area (Å²) in [5.74, 6) is 0.869. The largest absolute Gasteiger partial charge is 0.416 e. The molecular weight excluding hydrogens is 409 g/mol. The van der Waals surface area contributed by atoms with E-state index in [1.807, 2.05) is 34.6 Å². The fraction of sp³-hybridized carbons (Fsp3) is 0.222. The smallest absolute Gasteiger partial charge is 0.339 e. The van der Waals surface area contributed by atoms with Crippen molar-refractivity contribution in [2.45, 2.75) is 19.0 Å². The van der Waals surface area contributed by atoms with Gasteiger partial charge in [0.1, 0.15) is 12.2 Å². The second-order valence-corrected chi connectivity index (χ2v) is 7.16. The first kappa shape index (κ1) is 17.1. The molecule has 4 rings (SSSR count). The number of alkyl halides is 3. The molecule has 0 spiro atoms. The summed E-state index contributed by atoms with van der Waals surface area (Å²) in [6.07, 6.45) is -2.69. The Hall–Kier alpha value is -2.35. The number of benzene rings is 2. The molecule has 4 nitrogen and oxygen atoms in total. The van der Waals surface area contributed by atoms with Crippen LogP contribution in [-0.2, 0) is 6.18 Å². The highest BCUT2D eigenvalue weighted by Gasteiger charge is 2.31. The molecule has 1 unspecified atom stereocenters. The Kier molecular flexibility index (Phi) is 4.02. The molecule has 3 aromatic rings. The number of fused-ring (bicyclic) bond motifs is 3. The number of aromatic nitrogens is 3. The molecule has 0 radical (unpaired) electrons. The lowest BCUT2D eigenvalue weighted by atomic mass is 10.1. The minimum Gasteiger partial charge on any atom is -0.339 e. The van der Waals surface area contributed by atoms with Crippen molar-refractivity contribution < 1.29 is 13.2 Å². The first-order chi connectivity index (χ1) is 12.3. The van der Waals surface area contributed by atoms with Crippen LogP contribution in [0.3, 0.4) is 0 Å². The lowest BCUT2D eigenvalue weighted by molar-refractivity contribution is -0.137. The van der Waals surface area contributed by atoms with E-state index in [1.165, 1.54) is 12.1 Å². The Labute approximate surface area is 156 Å². The van der Waals surface area contributed by atoms with Crippen molar-refractivity contribution in [3.63, 3.8) is 0 Å². The summed E-state index contributed by atoms with van der Waals surface area (Å²) in [7, 11) is 0. The first-order valence-corrected chi connectivity index (χ1v) is 8.78. The fourth-order valence-corrected chi connectivity index (χ4v) is 3.56. The van der Waals surface area contributed by atoms with Crippen LogP contribution >= 0.6 is 15.9 Å². The quantitative estimate of drug-likeness (QED) is 0.533. The van der Waals surface area contributed by atoms with Crippen LogP contribution in [-0.4, -0.2) is 21.3 Å². The maximum atomic E-state index is 12.9. The number of hydrogen-bond donors (Lipinski definition) is 0. The molecule has 2 heterocycles. The third-order valence-corrected chi connectivity index (χ3v) is 4.96. The van der Waals surface area contributed by atoms with E-state index in [2.05, 4.69) is 26.1 Å². The second-order valence-electron chi connectivity index (χ2n) is 6.25. The zero-order valence-electron chi connectivity index (χ0n) is 13.7. The van der Waals surface area contributed by atoms with Crippen LogP contribution in [0.15, 0.2) is 53.3 Å². The van der Waals surface area contributed by atoms with Crippen molar-refractivity contribution in [1.29, 1.82) is 0 Å². The molecule has 2 aromatic carbocycles. The predicted octanol–water partition coefficient (Wildman–Crippen LogP) is 5.30. The van der Waals surface area contributed by atoms with E-state index < -0.39 is 11.7 Å². The molecular formula is C18H14BrF3N4. The highest BCUT2D eigenvalue weighted by molar-refractivity contribution is 9.10. The first-order valence-electron chi connectivity index (χ1n) is 7.99. The second kappa shape index (κ2) is 6.12. The monoisotopic (exact) mass is 422 g/mol. The van der Waals surface area contributed by atoms with Crippen molar-refractivity contribution >= 4 is 27.3 Å². The Balaban J connectivity index is 1.85. The Morgan fingerprint density at radius 3 is 2.50 bits per heavy atom. The minimum atomic E-state index is -4.35. The van der Waals surface area contributed by atoms with Gasteiger partial charge in [-0.2, -0.15) is 13.2 Å². The zero-order valence-corrected chi connectivity index (χ0v) is 15.3. The van der Waals surface area contributed by atoms with Crippen LogP contribution in [0.4, 0.5) is 24.5 Å². The number of hydrogen-bond acceptors (Lipinski definition) is 3. The zero-order chi connectivity index (χ0) is 18.5. The van der Waals surface area contributed by atoms with Crippen LogP contribution in [0.5, 0.6) is 0 Å². The van der Waals surface area contributed by atoms with E-state index in [0.29, 0.717) is 12.2 Å². The van der Waals surface area contributed by atoms with Gasteiger partial charge in [0.15, 0.2) is 0 Å². The summed E-state index contributed by atoms with van der Waals surface area (Å²) in [5.41, 5.74) is 1.81. The van der Waals surface area contributed by atoms with Crippen molar-refractivity contribution in [3.8, 4) is 5.69 Å². The van der Waals surface area contributed by atoms with E-state index in [9.17, 15) is 13.2 Å². The highest BCUT2D eigenvalue weighted by atomic mass is 79.9. The molecule has 0 fully saturated rings. The summed E-state index contributed by atoms with van der Waals surface area (Å²) in [5, 5.41) is 8.23. The average Bonchev–Trinajstić information content (AvgIpc) is 3.04. The SMILES string of the molecule is CC1CN(c2ccc(C(F)(F)F)cc2)c2cc(Br)ccc2-n2cnnc21. The van der Waals surface area contributed by atoms with Crippen LogP contribution in [0.1, 0.15) is 24.2 Å². The van der Waals surface area contributed by atoms with Crippen LogP contribution < -0.4 is 4.90 Å². The lowest BCUT2D eigenvalue weighted by Gasteiger charge is -2.27. The Morgan fingerprint density at radius 2 is 1.81 bits per heavy atom. The normalized spacial score (nSPS) is 16.8. The maximum absolute atomic E-state index is 12.9. The molecule has 0 N–H and O–H groups in total. The third kappa shape index (κ3) is 2.88. The predicted molar refractivity (Wildman–Crippen MR) is 95.9 cm³/mol. The van der Waals surface area contributed by atoms with Crippen molar-refractivity contribution in [3.05, 3.63) is 64.7 Å². The van der Waals surface area contributed by atoms with Gasteiger partial charge in [-0.25, -0.2) is 0 Å². The molecule has 1 aliphatic heterocycles. The van der Waals surface area contributed by atoms with E-state index in [-0.39, 0.29) is 5.92 Å². The van der Waals surface area contributed by atoms with Crippen LogP contribution in [0, 0.1) is 0 Å². The third-order valence-electron chi connectivity index (χ3n) is 4.47. The van der Waals surface area contributed by atoms with Crippen molar-refractivity contribution in [2.24, 2.45) is 0 Å². The molecule has 1 aliphatic rings. The van der Waals surface area contributed by atoms with Gasteiger partial charge in [-0.05, 0) is 42.5 Å². The summed E-state index contributed by atoms with van der Waals surface area (Å²) >= 11 is 3.48. The number of anilines is 2. The highest BCUT2D eigenvalue weighted by Crippen LogP contribution is 2.39. The van der Waals surface area contributed by atoms with Crippen molar-refractivity contribution in [1.82, 2.24) is 14.8 Å². The molecule has 26 heavy (non-hydrogen) atoms. The maximum Gasteiger partial charge on any atom is 0.416 e. The Bertz CT molecular complexity index is 950. The van der Waals surface area contributed by atoms with Gasteiger partial charge in [0, 0.05) is 22.6 Å². The van der Waals surface area contributed by atoms with Gasteiger partial charge < -0.3 is 4.90 Å². The molecule has 0 amide bonds. The van der Waals surface area contributed by atoms with E-state index in [0.717, 1.165) is 33.8 Å². The summed E-state index contributed by atoms with van der Waals surface area (Å²) in [6, 6.07) is 11.1. The van der Waals surface area contributed by atoms with Gasteiger partial charge in [-0.3, -0.25) is 4.57 Å². The van der Waals surface area contributed by atoms with Crippen molar-refractivity contribution in [2.75, 3.05) is 11.4 Å². The van der Waals surface area contributed by atoms with Gasteiger partial charge in [-0.15, -0.1) is 10.2 Å². The van der Waals surface area contributed by atoms with Gasteiger partial charge >= 0.3 is 6.18 Å². The van der Waals surface area contributed by atoms with Crippen LogP contribution in [0.25, 0.3) is 5.69 Å². The van der Waals surface area contributed by atoms with Gasteiger partial charge in [0.25, 0.3) is 0 Å². The number of rotatable bonds is 1. The van der Waals surface area contributed by atoms with Gasteiger partial charge in [-0.1, -0.05) is 22.9 Å². The van der Waals surface area contributed by atoms with Gasteiger partial charge in [0.2, 0.25) is 0 Å². The number of nitrogens with zero attached hydrogens (tertiary/aromatic N) is 4. The van der Waals surface area contributed by atoms with Gasteiger partial charge in [0.05, 0.1) is 16.9 Å². The van der Waals surface area contributed by atoms with E-state index >= 15 is 0 Å². The van der Waals surface area contributed by atoms with Crippen LogP contribution in [0.2, 0.25) is 0 Å². The standard InChI is InChI=1S/C18H14BrF3N4/c1-11-9-25(14-5-2-12(3-6-14)18(20,21)22)16-8-13(19)4-7-15(16)26-10-23-24-17(11)26/h2-8,10-11H,9H2,1H3. The summed E-state index contributed by atoms with van der Waals surface area (Å²) < 4.78 is 41.5. The fourth-order valence-electron chi connectivity index (χ4n) is 3.21. The molecule has 134 valence electrons. The van der Waals surface area contributed by atoms with E-state index in [4.69, 9.17) is 0 Å². The average molecular weight is 423 g/mol. The molecule has 0 saturated carbocycles. The lowest BCUT2D eigenvalue weighted by Crippen LogP contribution is -2.22. The Morgan fingerprint density at radius 1 is 1.08 bits per heavy atom. The molecule has 0 bridgehead atoms. The molecule has 1 aromatic heterocycles. The number of halogens is 4. The minimum absolute atomic E-state index is 0.0472. The van der Waals surface area contributed by atoms with E-state index in [1.54, 1.807) is 6.33 Å². The topological polar surface area (TPSA) is 34.0 Å².